The maximum Gasteiger partial charge on any atom is 0.243 e. The summed E-state index contributed by atoms with van der Waals surface area (Å²) in [4.78, 5) is -0.112. The lowest BCUT2D eigenvalue weighted by Gasteiger charge is -2.29. The second-order valence-electron chi connectivity index (χ2n) is 7.13. The van der Waals surface area contributed by atoms with Gasteiger partial charge in [-0.05, 0) is 48.5 Å². The molecule has 1 aliphatic heterocycles. The first-order chi connectivity index (χ1) is 14.8. The van der Waals surface area contributed by atoms with E-state index in [2.05, 4.69) is 36.6 Å². The Morgan fingerprint density at radius 3 is 1.88 bits per heavy atom. The van der Waals surface area contributed by atoms with Crippen LogP contribution in [-0.2, 0) is 29.9 Å². The highest BCUT2D eigenvalue weighted by Gasteiger charge is 2.44. The van der Waals surface area contributed by atoms with Gasteiger partial charge in [-0.15, -0.1) is 0 Å². The van der Waals surface area contributed by atoms with Gasteiger partial charge in [-0.2, -0.15) is 4.31 Å². The zero-order valence-corrected chi connectivity index (χ0v) is 22.0. The van der Waals surface area contributed by atoms with Crippen molar-refractivity contribution in [2.24, 2.45) is 0 Å². The molecule has 0 spiro atoms. The molecule has 2 aromatic carbocycles. The van der Waals surface area contributed by atoms with Gasteiger partial charge in [-0.3, -0.25) is 0 Å². The number of sulfone groups is 1. The van der Waals surface area contributed by atoms with Crippen LogP contribution in [-0.4, -0.2) is 71.4 Å². The fraction of sp³-hybridized carbons (Fsp3) is 0.333. The smallest absolute Gasteiger partial charge is 0.243 e. The molecule has 0 amide bonds. The topological polar surface area (TPSA) is 138 Å². The van der Waals surface area contributed by atoms with Gasteiger partial charge in [0, 0.05) is 22.0 Å². The Hall–Kier alpha value is -0.870. The first kappa shape index (κ1) is 25.7. The zero-order chi connectivity index (χ0) is 23.7. The van der Waals surface area contributed by atoms with Crippen LogP contribution in [0.3, 0.4) is 0 Å². The molecule has 0 radical (unpaired) electrons. The standard InChI is InChI=1S/C18H20Br2N2O7S3/c19-13-1-5-15(6-2-13)31(26,27)21-9-10-22(17-11-30(24,25)12-18(17)23)32(28,29)16-7-3-14(20)4-8-16/h1-8,17-18,21,23H,9-12H2/t17-,18-/m0/s1. The van der Waals surface area contributed by atoms with Gasteiger partial charge in [0.05, 0.1) is 33.4 Å². The summed E-state index contributed by atoms with van der Waals surface area (Å²) in [6.07, 6.45) is -1.42. The molecular formula is C18H20Br2N2O7S3. The van der Waals surface area contributed by atoms with Crippen LogP contribution in [0.2, 0.25) is 0 Å². The van der Waals surface area contributed by atoms with E-state index in [4.69, 9.17) is 0 Å². The SMILES string of the molecule is O=S1(=O)C[C@H](O)[C@@H](N(CCNS(=O)(=O)c2ccc(Br)cc2)S(=O)(=O)c2ccc(Br)cc2)C1. The van der Waals surface area contributed by atoms with Crippen LogP contribution < -0.4 is 4.72 Å². The van der Waals surface area contributed by atoms with Crippen LogP contribution in [0.4, 0.5) is 0 Å². The Kier molecular flexibility index (Phi) is 7.87. The van der Waals surface area contributed by atoms with Crippen molar-refractivity contribution in [1.82, 2.24) is 9.03 Å². The van der Waals surface area contributed by atoms with Gasteiger partial charge in [-0.1, -0.05) is 31.9 Å². The third kappa shape index (κ3) is 5.97. The summed E-state index contributed by atoms with van der Waals surface area (Å²) in [5.41, 5.74) is 0. The van der Waals surface area contributed by atoms with Gasteiger partial charge in [0.1, 0.15) is 0 Å². The molecule has 3 rings (SSSR count). The number of hydrogen-bond donors (Lipinski definition) is 2. The second-order valence-corrected chi connectivity index (χ2v) is 14.8. The highest BCUT2D eigenvalue weighted by Crippen LogP contribution is 2.26. The maximum absolute atomic E-state index is 13.3. The Morgan fingerprint density at radius 1 is 0.906 bits per heavy atom. The molecule has 0 aromatic heterocycles. The molecule has 0 saturated carbocycles. The molecule has 1 fully saturated rings. The Bertz CT molecular complexity index is 1280. The quantitative estimate of drug-likeness (QED) is 0.448. The molecule has 2 N–H and O–H groups in total. The van der Waals surface area contributed by atoms with E-state index >= 15 is 0 Å². The highest BCUT2D eigenvalue weighted by molar-refractivity contribution is 9.10. The van der Waals surface area contributed by atoms with E-state index < -0.39 is 53.5 Å². The number of nitrogens with one attached hydrogen (secondary N) is 1. The summed E-state index contributed by atoms with van der Waals surface area (Å²) in [5.74, 6) is -1.11. The lowest BCUT2D eigenvalue weighted by molar-refractivity contribution is 0.128. The predicted molar refractivity (Wildman–Crippen MR) is 126 cm³/mol. The average Bonchev–Trinajstić information content (AvgIpc) is 2.97. The number of halogens is 2. The lowest BCUT2D eigenvalue weighted by Crippen LogP contribution is -2.49. The fourth-order valence-electron chi connectivity index (χ4n) is 3.28. The van der Waals surface area contributed by atoms with Crippen LogP contribution in [0.25, 0.3) is 0 Å². The van der Waals surface area contributed by atoms with Crippen molar-refractivity contribution in [3.8, 4) is 0 Å². The van der Waals surface area contributed by atoms with Gasteiger partial charge >= 0.3 is 0 Å². The summed E-state index contributed by atoms with van der Waals surface area (Å²) in [6.45, 7) is -0.692. The van der Waals surface area contributed by atoms with E-state index in [1.807, 2.05) is 0 Å². The monoisotopic (exact) mass is 630 g/mol. The second kappa shape index (κ2) is 9.78. The van der Waals surface area contributed by atoms with E-state index in [1.54, 1.807) is 12.1 Å². The molecule has 2 aromatic rings. The van der Waals surface area contributed by atoms with E-state index in [-0.39, 0.29) is 22.9 Å². The summed E-state index contributed by atoms with van der Waals surface area (Å²) < 4.78 is 80.1. The summed E-state index contributed by atoms with van der Waals surface area (Å²) >= 11 is 6.44. The Balaban J connectivity index is 1.86. The maximum atomic E-state index is 13.3. The van der Waals surface area contributed by atoms with Gasteiger partial charge in [0.25, 0.3) is 0 Å². The molecular weight excluding hydrogens is 612 g/mol. The molecule has 1 saturated heterocycles. The van der Waals surface area contributed by atoms with Crippen LogP contribution >= 0.6 is 31.9 Å². The molecule has 176 valence electrons. The van der Waals surface area contributed by atoms with Crippen LogP contribution in [0.1, 0.15) is 0 Å². The summed E-state index contributed by atoms with van der Waals surface area (Å²) in [5, 5.41) is 10.3. The highest BCUT2D eigenvalue weighted by atomic mass is 79.9. The van der Waals surface area contributed by atoms with Gasteiger partial charge in [0.2, 0.25) is 20.0 Å². The number of benzene rings is 2. The molecule has 1 aliphatic rings. The third-order valence-corrected chi connectivity index (χ3v) is 11.0. The van der Waals surface area contributed by atoms with Crippen molar-refractivity contribution < 1.29 is 30.4 Å². The molecule has 2 atom stereocenters. The van der Waals surface area contributed by atoms with Crippen molar-refractivity contribution in [3.05, 3.63) is 57.5 Å². The van der Waals surface area contributed by atoms with E-state index in [9.17, 15) is 30.4 Å². The Labute approximate surface area is 204 Å². The van der Waals surface area contributed by atoms with Crippen molar-refractivity contribution >= 4 is 61.7 Å². The third-order valence-electron chi connectivity index (χ3n) is 4.83. The van der Waals surface area contributed by atoms with Crippen molar-refractivity contribution in [3.63, 3.8) is 0 Å². The predicted octanol–water partition coefficient (Wildman–Crippen LogP) is 1.34. The number of nitrogens with zero attached hydrogens (tertiary/aromatic N) is 1. The fourth-order valence-corrected chi connectivity index (χ4v) is 8.38. The molecule has 9 nitrogen and oxygen atoms in total. The van der Waals surface area contributed by atoms with Crippen LogP contribution in [0.15, 0.2) is 67.3 Å². The Morgan fingerprint density at radius 2 is 1.41 bits per heavy atom. The molecule has 32 heavy (non-hydrogen) atoms. The number of hydrogen-bond acceptors (Lipinski definition) is 7. The number of sulfonamides is 2. The molecule has 0 unspecified atom stereocenters. The zero-order valence-electron chi connectivity index (χ0n) is 16.4. The minimum Gasteiger partial charge on any atom is -0.390 e. The normalized spacial score (nSPS) is 21.1. The van der Waals surface area contributed by atoms with E-state index in [0.29, 0.717) is 8.95 Å². The number of aliphatic hydroxyl groups excluding tert-OH is 1. The summed E-state index contributed by atoms with van der Waals surface area (Å²) in [6, 6.07) is 10.4. The molecule has 14 heteroatoms. The average molecular weight is 632 g/mol. The van der Waals surface area contributed by atoms with Crippen molar-refractivity contribution in [2.45, 2.75) is 21.9 Å². The van der Waals surface area contributed by atoms with Gasteiger partial charge in [0.15, 0.2) is 9.84 Å². The largest absolute Gasteiger partial charge is 0.390 e. The number of rotatable bonds is 8. The minimum absolute atomic E-state index is 0.00787. The molecule has 1 heterocycles. The van der Waals surface area contributed by atoms with Gasteiger partial charge in [-0.25, -0.2) is 30.0 Å². The first-order valence-corrected chi connectivity index (χ1v) is 15.6. The lowest BCUT2D eigenvalue weighted by atomic mass is 10.2. The van der Waals surface area contributed by atoms with Crippen molar-refractivity contribution in [1.29, 1.82) is 0 Å². The van der Waals surface area contributed by atoms with E-state index in [0.717, 1.165) is 4.31 Å². The molecule has 0 bridgehead atoms. The first-order valence-electron chi connectivity index (χ1n) is 9.23. The van der Waals surface area contributed by atoms with Crippen LogP contribution in [0, 0.1) is 0 Å². The van der Waals surface area contributed by atoms with Gasteiger partial charge < -0.3 is 5.11 Å². The minimum atomic E-state index is -4.23. The van der Waals surface area contributed by atoms with E-state index in [1.165, 1.54) is 36.4 Å². The number of aliphatic hydroxyl groups is 1. The van der Waals surface area contributed by atoms with Crippen LogP contribution in [0.5, 0.6) is 0 Å². The van der Waals surface area contributed by atoms with Crippen molar-refractivity contribution in [2.75, 3.05) is 24.6 Å². The summed E-state index contributed by atoms with van der Waals surface area (Å²) in [7, 11) is -11.8. The molecule has 0 aliphatic carbocycles.